The number of aromatic nitrogens is 3. The third-order valence-corrected chi connectivity index (χ3v) is 4.62. The maximum Gasteiger partial charge on any atom is 0.162 e. The molecule has 2 aromatic rings. The molecule has 1 aliphatic rings. The molecule has 0 radical (unpaired) electrons. The van der Waals surface area contributed by atoms with Crippen LogP contribution in [0.1, 0.15) is 18.4 Å². The highest BCUT2D eigenvalue weighted by atomic mass is 35.5. The molecule has 98 valence electrons. The molecule has 0 bridgehead atoms. The molecule has 0 aliphatic carbocycles. The number of anilines is 1. The second-order valence-electron chi connectivity index (χ2n) is 4.51. The summed E-state index contributed by atoms with van der Waals surface area (Å²) in [6, 6.07) is 2.53. The van der Waals surface area contributed by atoms with Crippen LogP contribution in [-0.2, 0) is 6.54 Å². The van der Waals surface area contributed by atoms with Crippen molar-refractivity contribution in [3.63, 3.8) is 0 Å². The molecule has 0 amide bonds. The van der Waals surface area contributed by atoms with Gasteiger partial charge in [-0.2, -0.15) is 9.64 Å². The van der Waals surface area contributed by atoms with E-state index in [1.807, 2.05) is 12.5 Å². The van der Waals surface area contributed by atoms with Crippen molar-refractivity contribution in [2.75, 3.05) is 11.4 Å². The van der Waals surface area contributed by atoms with Gasteiger partial charge in [0, 0.05) is 31.5 Å². The summed E-state index contributed by atoms with van der Waals surface area (Å²) in [4.78, 5) is 6.31. The Hall–Kier alpha value is -1.58. The van der Waals surface area contributed by atoms with Crippen molar-refractivity contribution in [1.82, 2.24) is 13.9 Å². The number of imidazole rings is 1. The van der Waals surface area contributed by atoms with Crippen molar-refractivity contribution in [3.05, 3.63) is 29.4 Å². The van der Waals surface area contributed by atoms with E-state index in [1.165, 1.54) is 11.5 Å². The van der Waals surface area contributed by atoms with E-state index >= 15 is 0 Å². The van der Waals surface area contributed by atoms with Crippen LogP contribution in [0.4, 0.5) is 5.00 Å². The van der Waals surface area contributed by atoms with Gasteiger partial charge in [-0.25, -0.2) is 4.98 Å². The number of nitrogens with zero attached hydrogens (tertiary/aromatic N) is 5. The Balaban J connectivity index is 1.85. The van der Waals surface area contributed by atoms with E-state index < -0.39 is 0 Å². The zero-order valence-corrected chi connectivity index (χ0v) is 11.7. The average Bonchev–Trinajstić information content (AvgIpc) is 3.10. The number of hydrogen-bond donors (Lipinski definition) is 0. The molecule has 7 heteroatoms. The molecule has 3 heterocycles. The fraction of sp³-hybridized carbons (Fsp3) is 0.417. The van der Waals surface area contributed by atoms with Crippen LogP contribution >= 0.6 is 23.1 Å². The Labute approximate surface area is 120 Å². The predicted octanol–water partition coefficient (Wildman–Crippen LogP) is 2.53. The molecule has 1 fully saturated rings. The zero-order valence-electron chi connectivity index (χ0n) is 10.2. The van der Waals surface area contributed by atoms with Crippen LogP contribution < -0.4 is 4.90 Å². The molecule has 0 N–H and O–H groups in total. The van der Waals surface area contributed by atoms with Gasteiger partial charge in [-0.3, -0.25) is 0 Å². The Morgan fingerprint density at radius 2 is 2.47 bits per heavy atom. The minimum absolute atomic E-state index is 0.316. The summed E-state index contributed by atoms with van der Waals surface area (Å²) in [6.45, 7) is 1.83. The first-order valence-electron chi connectivity index (χ1n) is 6.07. The summed E-state index contributed by atoms with van der Waals surface area (Å²) in [5, 5.41) is 10.4. The summed E-state index contributed by atoms with van der Waals surface area (Å²) in [7, 11) is 0. The monoisotopic (exact) mass is 293 g/mol. The highest BCUT2D eigenvalue weighted by molar-refractivity contribution is 7.10. The summed E-state index contributed by atoms with van der Waals surface area (Å²) in [6.07, 6.45) is 7.80. The predicted molar refractivity (Wildman–Crippen MR) is 74.4 cm³/mol. The Morgan fingerprint density at radius 3 is 3.21 bits per heavy atom. The van der Waals surface area contributed by atoms with Crippen molar-refractivity contribution in [2.24, 2.45) is 0 Å². The van der Waals surface area contributed by atoms with E-state index in [0.29, 0.717) is 16.8 Å². The number of nitriles is 1. The fourth-order valence-corrected chi connectivity index (χ4v) is 3.61. The van der Waals surface area contributed by atoms with Crippen LogP contribution in [-0.4, -0.2) is 26.5 Å². The third-order valence-electron chi connectivity index (χ3n) is 3.36. The van der Waals surface area contributed by atoms with Crippen molar-refractivity contribution >= 4 is 28.1 Å². The molecule has 1 atom stereocenters. The first kappa shape index (κ1) is 12.5. The van der Waals surface area contributed by atoms with Gasteiger partial charge in [-0.05, 0) is 24.4 Å². The largest absolute Gasteiger partial charge is 0.356 e. The minimum atomic E-state index is 0.316. The number of rotatable bonds is 3. The van der Waals surface area contributed by atoms with Crippen LogP contribution in [0.5, 0.6) is 0 Å². The molecule has 0 spiro atoms. The SMILES string of the molecule is N#Cc1c(Cl)nsc1N1CCCC1Cn1ccnc1. The van der Waals surface area contributed by atoms with Gasteiger partial charge in [-0.15, -0.1) is 0 Å². The van der Waals surface area contributed by atoms with Crippen LogP contribution in [0.15, 0.2) is 18.7 Å². The molecule has 1 unspecified atom stereocenters. The van der Waals surface area contributed by atoms with Gasteiger partial charge in [-0.1, -0.05) is 11.6 Å². The lowest BCUT2D eigenvalue weighted by molar-refractivity contribution is 0.551. The van der Waals surface area contributed by atoms with Gasteiger partial charge < -0.3 is 9.47 Å². The molecule has 1 aliphatic heterocycles. The van der Waals surface area contributed by atoms with Crippen LogP contribution in [0.3, 0.4) is 0 Å². The first-order chi connectivity index (χ1) is 9.29. The first-order valence-corrected chi connectivity index (χ1v) is 7.22. The van der Waals surface area contributed by atoms with Crippen molar-refractivity contribution in [1.29, 1.82) is 5.26 Å². The van der Waals surface area contributed by atoms with Crippen molar-refractivity contribution in [3.8, 4) is 6.07 Å². The van der Waals surface area contributed by atoms with E-state index in [2.05, 4.69) is 24.9 Å². The third kappa shape index (κ3) is 2.31. The van der Waals surface area contributed by atoms with E-state index in [4.69, 9.17) is 11.6 Å². The highest BCUT2D eigenvalue weighted by Crippen LogP contribution is 2.36. The molecular weight excluding hydrogens is 282 g/mol. The summed E-state index contributed by atoms with van der Waals surface area (Å²) >= 11 is 7.26. The Bertz CT molecular complexity index is 600. The zero-order chi connectivity index (χ0) is 13.2. The smallest absolute Gasteiger partial charge is 0.162 e. The summed E-state index contributed by atoms with van der Waals surface area (Å²) in [5.74, 6) is 0. The van der Waals surface area contributed by atoms with Crippen molar-refractivity contribution in [2.45, 2.75) is 25.4 Å². The fourth-order valence-electron chi connectivity index (χ4n) is 2.48. The quantitative estimate of drug-likeness (QED) is 0.872. The molecule has 1 saturated heterocycles. The molecule has 0 aromatic carbocycles. The second kappa shape index (κ2) is 5.19. The van der Waals surface area contributed by atoms with Gasteiger partial charge in [0.15, 0.2) is 5.15 Å². The molecule has 3 rings (SSSR count). The van der Waals surface area contributed by atoms with E-state index in [9.17, 15) is 5.26 Å². The van der Waals surface area contributed by atoms with E-state index in [-0.39, 0.29) is 0 Å². The molecular formula is C12H12ClN5S. The van der Waals surface area contributed by atoms with Gasteiger partial charge in [0.05, 0.1) is 6.33 Å². The lowest BCUT2D eigenvalue weighted by Gasteiger charge is -2.25. The van der Waals surface area contributed by atoms with Gasteiger partial charge in [0.1, 0.15) is 16.6 Å². The Kier molecular flexibility index (Phi) is 3.40. The number of hydrogen-bond acceptors (Lipinski definition) is 5. The summed E-state index contributed by atoms with van der Waals surface area (Å²) in [5.41, 5.74) is 0.504. The van der Waals surface area contributed by atoms with Gasteiger partial charge in [0.25, 0.3) is 0 Å². The van der Waals surface area contributed by atoms with Crippen LogP contribution in [0, 0.1) is 11.3 Å². The van der Waals surface area contributed by atoms with Crippen LogP contribution in [0.25, 0.3) is 0 Å². The lowest BCUT2D eigenvalue weighted by Crippen LogP contribution is -2.32. The molecule has 0 saturated carbocycles. The second-order valence-corrected chi connectivity index (χ2v) is 5.62. The van der Waals surface area contributed by atoms with Crippen LogP contribution in [0.2, 0.25) is 5.15 Å². The van der Waals surface area contributed by atoms with Crippen molar-refractivity contribution < 1.29 is 0 Å². The molecule has 19 heavy (non-hydrogen) atoms. The molecule has 5 nitrogen and oxygen atoms in total. The normalized spacial score (nSPS) is 18.7. The maximum atomic E-state index is 9.18. The Morgan fingerprint density at radius 1 is 1.58 bits per heavy atom. The lowest BCUT2D eigenvalue weighted by atomic mass is 10.2. The molecule has 2 aromatic heterocycles. The number of halogens is 1. The van der Waals surface area contributed by atoms with E-state index in [0.717, 1.165) is 30.9 Å². The standard InChI is InChI=1S/C12H12ClN5S/c13-11-10(6-14)12(19-16-11)18-4-1-2-9(18)7-17-5-3-15-8-17/h3,5,8-9H,1-2,4,7H2. The topological polar surface area (TPSA) is 57.7 Å². The van der Waals surface area contributed by atoms with E-state index in [1.54, 1.807) is 6.20 Å². The maximum absolute atomic E-state index is 9.18. The summed E-state index contributed by atoms with van der Waals surface area (Å²) < 4.78 is 6.15. The highest BCUT2D eigenvalue weighted by Gasteiger charge is 2.29. The van der Waals surface area contributed by atoms with Gasteiger partial charge in [0.2, 0.25) is 0 Å². The minimum Gasteiger partial charge on any atom is -0.356 e. The van der Waals surface area contributed by atoms with Gasteiger partial charge >= 0.3 is 0 Å². The average molecular weight is 294 g/mol.